The third-order valence-corrected chi connectivity index (χ3v) is 4.62. The maximum Gasteiger partial charge on any atom is 0.122 e. The summed E-state index contributed by atoms with van der Waals surface area (Å²) in [5.74, 6) is 0.931. The van der Waals surface area contributed by atoms with Crippen LogP contribution in [-0.4, -0.2) is 11.9 Å². The standard InChI is InChI=1S/C18H28N2O/c1-18(2,3)15-7-9-16(10-8-15)21-12-13-5-4-6-14(11-13)17(19)20/h4-6,11,15-16H,7-10,12H2,1-3H3,(H3,19,20). The Hall–Kier alpha value is -1.35. The van der Waals surface area contributed by atoms with Gasteiger partial charge in [0, 0.05) is 5.56 Å². The Morgan fingerprint density at radius 1 is 1.24 bits per heavy atom. The summed E-state index contributed by atoms with van der Waals surface area (Å²) in [6.07, 6.45) is 5.23. The van der Waals surface area contributed by atoms with Crippen LogP contribution in [0.3, 0.4) is 0 Å². The summed E-state index contributed by atoms with van der Waals surface area (Å²) in [4.78, 5) is 0. The Kier molecular flexibility index (Phi) is 5.04. The lowest BCUT2D eigenvalue weighted by Gasteiger charge is -2.36. The number of amidine groups is 1. The van der Waals surface area contributed by atoms with E-state index < -0.39 is 0 Å². The van der Waals surface area contributed by atoms with Gasteiger partial charge in [-0.05, 0) is 48.6 Å². The molecule has 1 aliphatic rings. The number of nitrogens with two attached hydrogens (primary N) is 1. The van der Waals surface area contributed by atoms with Gasteiger partial charge in [-0.3, -0.25) is 5.41 Å². The van der Waals surface area contributed by atoms with Crippen LogP contribution in [0.25, 0.3) is 0 Å². The van der Waals surface area contributed by atoms with Gasteiger partial charge in [0.1, 0.15) is 5.84 Å². The van der Waals surface area contributed by atoms with Crippen molar-refractivity contribution in [3.05, 3.63) is 35.4 Å². The van der Waals surface area contributed by atoms with Crippen molar-refractivity contribution in [2.45, 2.75) is 59.2 Å². The van der Waals surface area contributed by atoms with Gasteiger partial charge in [-0.1, -0.05) is 39.0 Å². The number of ether oxygens (including phenoxy) is 1. The second-order valence-electron chi connectivity index (χ2n) is 7.26. The minimum Gasteiger partial charge on any atom is -0.384 e. The zero-order valence-electron chi connectivity index (χ0n) is 13.5. The molecule has 0 bridgehead atoms. The van der Waals surface area contributed by atoms with Gasteiger partial charge in [-0.2, -0.15) is 0 Å². The van der Waals surface area contributed by atoms with Crippen LogP contribution in [-0.2, 0) is 11.3 Å². The summed E-state index contributed by atoms with van der Waals surface area (Å²) >= 11 is 0. The molecule has 1 aliphatic carbocycles. The third kappa shape index (κ3) is 4.57. The van der Waals surface area contributed by atoms with Gasteiger partial charge in [0.25, 0.3) is 0 Å². The molecule has 0 radical (unpaired) electrons. The largest absolute Gasteiger partial charge is 0.384 e. The van der Waals surface area contributed by atoms with Crippen molar-refractivity contribution >= 4 is 5.84 Å². The van der Waals surface area contributed by atoms with Crippen LogP contribution in [0.1, 0.15) is 57.6 Å². The molecule has 0 aliphatic heterocycles. The molecule has 0 atom stereocenters. The minimum absolute atomic E-state index is 0.113. The Morgan fingerprint density at radius 2 is 1.90 bits per heavy atom. The molecule has 0 spiro atoms. The second kappa shape index (κ2) is 6.61. The highest BCUT2D eigenvalue weighted by molar-refractivity contribution is 5.95. The maximum atomic E-state index is 7.48. The predicted molar refractivity (Wildman–Crippen MR) is 87.4 cm³/mol. The highest BCUT2D eigenvalue weighted by Crippen LogP contribution is 2.38. The summed E-state index contributed by atoms with van der Waals surface area (Å²) in [6.45, 7) is 7.64. The third-order valence-electron chi connectivity index (χ3n) is 4.62. The van der Waals surface area contributed by atoms with Gasteiger partial charge in [-0.15, -0.1) is 0 Å². The van der Waals surface area contributed by atoms with E-state index in [1.807, 2.05) is 24.3 Å². The quantitative estimate of drug-likeness (QED) is 0.647. The lowest BCUT2D eigenvalue weighted by Crippen LogP contribution is -2.29. The van der Waals surface area contributed by atoms with Crippen LogP contribution in [0.5, 0.6) is 0 Å². The molecule has 3 nitrogen and oxygen atoms in total. The number of nitrogens with one attached hydrogen (secondary N) is 1. The smallest absolute Gasteiger partial charge is 0.122 e. The lowest BCUT2D eigenvalue weighted by atomic mass is 9.72. The SMILES string of the molecule is CC(C)(C)C1CCC(OCc2cccc(C(=N)N)c2)CC1. The molecular formula is C18H28N2O. The van der Waals surface area contributed by atoms with Crippen LogP contribution in [0.2, 0.25) is 0 Å². The fourth-order valence-corrected chi connectivity index (χ4v) is 3.14. The first-order valence-corrected chi connectivity index (χ1v) is 7.91. The fraction of sp³-hybridized carbons (Fsp3) is 0.611. The Balaban J connectivity index is 1.82. The number of hydrogen-bond acceptors (Lipinski definition) is 2. The molecule has 1 aromatic carbocycles. The van der Waals surface area contributed by atoms with Crippen molar-refractivity contribution in [1.29, 1.82) is 5.41 Å². The fourth-order valence-electron chi connectivity index (χ4n) is 3.14. The monoisotopic (exact) mass is 288 g/mol. The molecule has 3 heteroatoms. The number of nitrogen functional groups attached to an aromatic ring is 1. The Labute approximate surface area is 128 Å². The Morgan fingerprint density at radius 3 is 2.48 bits per heavy atom. The van der Waals surface area contributed by atoms with Crippen LogP contribution in [0, 0.1) is 16.7 Å². The summed E-state index contributed by atoms with van der Waals surface area (Å²) in [5.41, 5.74) is 7.81. The van der Waals surface area contributed by atoms with E-state index >= 15 is 0 Å². The lowest BCUT2D eigenvalue weighted by molar-refractivity contribution is -0.00581. The number of benzene rings is 1. The van der Waals surface area contributed by atoms with E-state index in [0.717, 1.165) is 29.9 Å². The van der Waals surface area contributed by atoms with Crippen molar-refractivity contribution in [3.63, 3.8) is 0 Å². The van der Waals surface area contributed by atoms with Gasteiger partial charge < -0.3 is 10.5 Å². The average molecular weight is 288 g/mol. The van der Waals surface area contributed by atoms with Crippen LogP contribution in [0.4, 0.5) is 0 Å². The van der Waals surface area contributed by atoms with Crippen molar-refractivity contribution < 1.29 is 4.74 Å². The molecule has 0 aromatic heterocycles. The zero-order chi connectivity index (χ0) is 15.5. The first-order chi connectivity index (χ1) is 9.86. The minimum atomic E-state index is 0.113. The van der Waals surface area contributed by atoms with Gasteiger partial charge in [-0.25, -0.2) is 0 Å². The molecule has 116 valence electrons. The summed E-state index contributed by atoms with van der Waals surface area (Å²) in [7, 11) is 0. The molecule has 3 N–H and O–H groups in total. The van der Waals surface area contributed by atoms with Crippen LogP contribution >= 0.6 is 0 Å². The second-order valence-corrected chi connectivity index (χ2v) is 7.26. The van der Waals surface area contributed by atoms with E-state index in [9.17, 15) is 0 Å². The molecule has 0 amide bonds. The highest BCUT2D eigenvalue weighted by atomic mass is 16.5. The molecule has 1 fully saturated rings. The van der Waals surface area contributed by atoms with E-state index in [1.165, 1.54) is 12.8 Å². The van der Waals surface area contributed by atoms with Gasteiger partial charge >= 0.3 is 0 Å². The zero-order valence-corrected chi connectivity index (χ0v) is 13.5. The topological polar surface area (TPSA) is 59.1 Å². The molecule has 0 unspecified atom stereocenters. The van der Waals surface area contributed by atoms with Gasteiger partial charge in [0.15, 0.2) is 0 Å². The average Bonchev–Trinajstić information content (AvgIpc) is 2.45. The summed E-state index contributed by atoms with van der Waals surface area (Å²) < 4.78 is 6.05. The van der Waals surface area contributed by atoms with E-state index in [2.05, 4.69) is 20.8 Å². The van der Waals surface area contributed by atoms with Gasteiger partial charge in [0.2, 0.25) is 0 Å². The molecule has 0 heterocycles. The number of rotatable bonds is 4. The number of hydrogen-bond donors (Lipinski definition) is 2. The first-order valence-electron chi connectivity index (χ1n) is 7.91. The summed E-state index contributed by atoms with van der Waals surface area (Å²) in [5, 5.41) is 7.48. The first kappa shape index (κ1) is 16.0. The van der Waals surface area contributed by atoms with Crippen LogP contribution < -0.4 is 5.73 Å². The Bertz CT molecular complexity index is 482. The van der Waals surface area contributed by atoms with Crippen molar-refractivity contribution in [2.24, 2.45) is 17.1 Å². The molecule has 1 aromatic rings. The van der Waals surface area contributed by atoms with Crippen molar-refractivity contribution in [2.75, 3.05) is 0 Å². The van der Waals surface area contributed by atoms with Crippen molar-refractivity contribution in [3.8, 4) is 0 Å². The molecule has 21 heavy (non-hydrogen) atoms. The highest BCUT2D eigenvalue weighted by Gasteiger charge is 2.29. The molecular weight excluding hydrogens is 260 g/mol. The van der Waals surface area contributed by atoms with Gasteiger partial charge in [0.05, 0.1) is 12.7 Å². The molecule has 1 saturated carbocycles. The summed E-state index contributed by atoms with van der Waals surface area (Å²) in [6, 6.07) is 7.78. The van der Waals surface area contributed by atoms with E-state index in [0.29, 0.717) is 18.1 Å². The molecule has 2 rings (SSSR count). The van der Waals surface area contributed by atoms with E-state index in [1.54, 1.807) is 0 Å². The van der Waals surface area contributed by atoms with Crippen molar-refractivity contribution in [1.82, 2.24) is 0 Å². The maximum absolute atomic E-state index is 7.48. The molecule has 0 saturated heterocycles. The van der Waals surface area contributed by atoms with Crippen LogP contribution in [0.15, 0.2) is 24.3 Å². The normalized spacial score (nSPS) is 23.0. The predicted octanol–water partition coefficient (Wildman–Crippen LogP) is 4.09. The van der Waals surface area contributed by atoms with E-state index in [4.69, 9.17) is 15.9 Å². The van der Waals surface area contributed by atoms with E-state index in [-0.39, 0.29) is 5.84 Å².